The van der Waals surface area contributed by atoms with E-state index in [0.717, 1.165) is 39.6 Å². The Kier molecular flexibility index (Phi) is 5.87. The Labute approximate surface area is 176 Å². The summed E-state index contributed by atoms with van der Waals surface area (Å²) in [4.78, 5) is 14.4. The van der Waals surface area contributed by atoms with E-state index in [-0.39, 0.29) is 5.91 Å². The van der Waals surface area contributed by atoms with Gasteiger partial charge in [-0.1, -0.05) is 45.9 Å². The van der Waals surface area contributed by atoms with Gasteiger partial charge in [0.25, 0.3) is 0 Å². The summed E-state index contributed by atoms with van der Waals surface area (Å²) in [5.41, 5.74) is 1.08. The highest BCUT2D eigenvalue weighted by Crippen LogP contribution is 2.40. The number of carbonyl (C=O) groups excluding carboxylic acids is 1. The maximum atomic E-state index is 12.6. The summed E-state index contributed by atoms with van der Waals surface area (Å²) in [6.07, 6.45) is 3.96. The van der Waals surface area contributed by atoms with Crippen molar-refractivity contribution in [2.45, 2.75) is 37.0 Å². The predicted octanol–water partition coefficient (Wildman–Crippen LogP) is 4.31. The van der Waals surface area contributed by atoms with Gasteiger partial charge in [-0.15, -0.1) is 10.2 Å². The molecule has 2 aromatic heterocycles. The van der Waals surface area contributed by atoms with Crippen molar-refractivity contribution in [3.63, 3.8) is 0 Å². The first kappa shape index (κ1) is 19.3. The average molecular weight is 461 g/mol. The van der Waals surface area contributed by atoms with E-state index in [4.69, 9.17) is 4.42 Å². The molecule has 0 N–H and O–H groups in total. The Hall–Kier alpha value is -2.06. The summed E-state index contributed by atoms with van der Waals surface area (Å²) in [7, 11) is 1.82. The van der Waals surface area contributed by atoms with Gasteiger partial charge in [0.2, 0.25) is 5.91 Å². The molecule has 28 heavy (non-hydrogen) atoms. The number of nitrogens with zero attached hydrogens (tertiary/aromatic N) is 4. The fourth-order valence-electron chi connectivity index (χ4n) is 2.96. The number of benzene rings is 1. The standard InChI is InChI=1S/C20H21BrN4O2S/c1-24(11-15-5-2-3-7-17(15)21)18(26)13-28-20-23-22-19(14-8-9-14)25(20)12-16-6-4-10-27-16/h2-7,10,14H,8-9,11-13H2,1H3. The van der Waals surface area contributed by atoms with Gasteiger partial charge in [0.05, 0.1) is 18.6 Å². The summed E-state index contributed by atoms with van der Waals surface area (Å²) in [5, 5.41) is 9.49. The molecule has 1 aliphatic rings. The average Bonchev–Trinajstić information content (AvgIpc) is 3.26. The molecule has 0 bridgehead atoms. The second-order valence-corrected chi connectivity index (χ2v) is 8.71. The molecule has 146 valence electrons. The molecular weight excluding hydrogens is 440 g/mol. The fraction of sp³-hybridized carbons (Fsp3) is 0.350. The van der Waals surface area contributed by atoms with E-state index in [0.29, 0.717) is 24.8 Å². The van der Waals surface area contributed by atoms with Crippen LogP contribution < -0.4 is 0 Å². The highest BCUT2D eigenvalue weighted by atomic mass is 79.9. The van der Waals surface area contributed by atoms with Crippen molar-refractivity contribution in [2.24, 2.45) is 0 Å². The predicted molar refractivity (Wildman–Crippen MR) is 111 cm³/mol. The molecule has 0 radical (unpaired) electrons. The number of carbonyl (C=O) groups is 1. The third-order valence-electron chi connectivity index (χ3n) is 4.70. The van der Waals surface area contributed by atoms with Crippen LogP contribution in [0.2, 0.25) is 0 Å². The normalized spacial score (nSPS) is 13.6. The smallest absolute Gasteiger partial charge is 0.233 e. The fourth-order valence-corrected chi connectivity index (χ4v) is 4.26. The molecule has 1 amide bonds. The van der Waals surface area contributed by atoms with E-state index < -0.39 is 0 Å². The Bertz CT molecular complexity index is 953. The van der Waals surface area contributed by atoms with E-state index in [2.05, 4.69) is 30.7 Å². The molecule has 2 heterocycles. The van der Waals surface area contributed by atoms with Crippen molar-refractivity contribution >= 4 is 33.6 Å². The van der Waals surface area contributed by atoms with Gasteiger partial charge >= 0.3 is 0 Å². The van der Waals surface area contributed by atoms with E-state index in [1.165, 1.54) is 11.8 Å². The molecule has 6 nitrogen and oxygen atoms in total. The highest BCUT2D eigenvalue weighted by molar-refractivity contribution is 9.10. The van der Waals surface area contributed by atoms with E-state index in [1.54, 1.807) is 11.2 Å². The Morgan fingerprint density at radius 3 is 2.82 bits per heavy atom. The summed E-state index contributed by atoms with van der Waals surface area (Å²) in [6, 6.07) is 11.8. The van der Waals surface area contributed by atoms with Gasteiger partial charge in [-0.2, -0.15) is 0 Å². The molecule has 0 unspecified atom stereocenters. The molecule has 0 spiro atoms. The van der Waals surface area contributed by atoms with Crippen LogP contribution in [-0.2, 0) is 17.9 Å². The second kappa shape index (κ2) is 8.53. The molecule has 4 rings (SSSR count). The molecular formula is C20H21BrN4O2S. The zero-order valence-corrected chi connectivity index (χ0v) is 17.9. The van der Waals surface area contributed by atoms with Gasteiger partial charge < -0.3 is 9.32 Å². The lowest BCUT2D eigenvalue weighted by Gasteiger charge is -2.18. The highest BCUT2D eigenvalue weighted by Gasteiger charge is 2.31. The minimum absolute atomic E-state index is 0.0567. The minimum atomic E-state index is 0.0567. The number of rotatable bonds is 8. The molecule has 8 heteroatoms. The first-order valence-corrected chi connectivity index (χ1v) is 11.0. The minimum Gasteiger partial charge on any atom is -0.467 e. The second-order valence-electron chi connectivity index (χ2n) is 6.91. The lowest BCUT2D eigenvalue weighted by Crippen LogP contribution is -2.28. The molecule has 0 atom stereocenters. The van der Waals surface area contributed by atoms with Gasteiger partial charge in [0.1, 0.15) is 11.6 Å². The van der Waals surface area contributed by atoms with Crippen molar-refractivity contribution < 1.29 is 9.21 Å². The molecule has 1 saturated carbocycles. The number of aromatic nitrogens is 3. The van der Waals surface area contributed by atoms with Gasteiger partial charge in [0, 0.05) is 24.0 Å². The summed E-state index contributed by atoms with van der Waals surface area (Å²) >= 11 is 4.97. The maximum Gasteiger partial charge on any atom is 0.233 e. The number of hydrogen-bond acceptors (Lipinski definition) is 5. The van der Waals surface area contributed by atoms with Crippen LogP contribution in [-0.4, -0.2) is 38.4 Å². The van der Waals surface area contributed by atoms with Crippen LogP contribution in [0.5, 0.6) is 0 Å². The first-order valence-electron chi connectivity index (χ1n) is 9.17. The van der Waals surface area contributed by atoms with Gasteiger partial charge in [-0.25, -0.2) is 0 Å². The zero-order chi connectivity index (χ0) is 19.5. The number of halogens is 1. The molecule has 1 fully saturated rings. The maximum absolute atomic E-state index is 12.6. The molecule has 0 saturated heterocycles. The molecule has 1 aliphatic carbocycles. The van der Waals surface area contributed by atoms with Crippen LogP contribution >= 0.6 is 27.7 Å². The van der Waals surface area contributed by atoms with Crippen molar-refractivity contribution in [3.05, 3.63) is 64.3 Å². The van der Waals surface area contributed by atoms with E-state index in [1.807, 2.05) is 43.4 Å². The van der Waals surface area contributed by atoms with Crippen LogP contribution in [0.3, 0.4) is 0 Å². The summed E-state index contributed by atoms with van der Waals surface area (Å²) in [6.45, 7) is 1.16. The third kappa shape index (κ3) is 4.50. The van der Waals surface area contributed by atoms with Crippen molar-refractivity contribution in [2.75, 3.05) is 12.8 Å². The number of furan rings is 1. The van der Waals surface area contributed by atoms with Crippen molar-refractivity contribution in [3.8, 4) is 0 Å². The lowest BCUT2D eigenvalue weighted by molar-refractivity contribution is -0.127. The summed E-state index contributed by atoms with van der Waals surface area (Å²) < 4.78 is 8.59. The quantitative estimate of drug-likeness (QED) is 0.468. The Balaban J connectivity index is 1.41. The van der Waals surface area contributed by atoms with Crippen molar-refractivity contribution in [1.29, 1.82) is 0 Å². The molecule has 0 aliphatic heterocycles. The zero-order valence-electron chi connectivity index (χ0n) is 15.5. The molecule has 1 aromatic carbocycles. The van der Waals surface area contributed by atoms with E-state index in [9.17, 15) is 4.79 Å². The lowest BCUT2D eigenvalue weighted by atomic mass is 10.2. The summed E-state index contributed by atoms with van der Waals surface area (Å²) in [5.74, 6) is 2.71. The van der Waals surface area contributed by atoms with Gasteiger partial charge in [-0.3, -0.25) is 9.36 Å². The SMILES string of the molecule is CN(Cc1ccccc1Br)C(=O)CSc1nnc(C2CC2)n1Cc1ccco1. The molecule has 3 aromatic rings. The number of hydrogen-bond donors (Lipinski definition) is 0. The van der Waals surface area contributed by atoms with Crippen LogP contribution in [0.1, 0.15) is 35.9 Å². The number of amides is 1. The van der Waals surface area contributed by atoms with Crippen LogP contribution in [0.25, 0.3) is 0 Å². The van der Waals surface area contributed by atoms with Crippen LogP contribution in [0.15, 0.2) is 56.7 Å². The van der Waals surface area contributed by atoms with Crippen molar-refractivity contribution in [1.82, 2.24) is 19.7 Å². The van der Waals surface area contributed by atoms with Gasteiger partial charge in [0.15, 0.2) is 5.16 Å². The monoisotopic (exact) mass is 460 g/mol. The Morgan fingerprint density at radius 1 is 1.29 bits per heavy atom. The van der Waals surface area contributed by atoms with Gasteiger partial charge in [-0.05, 0) is 36.6 Å². The van der Waals surface area contributed by atoms with Crippen LogP contribution in [0, 0.1) is 0 Å². The first-order chi connectivity index (χ1) is 13.6. The topological polar surface area (TPSA) is 64.2 Å². The number of thioether (sulfide) groups is 1. The largest absolute Gasteiger partial charge is 0.467 e. The van der Waals surface area contributed by atoms with E-state index >= 15 is 0 Å². The Morgan fingerprint density at radius 2 is 2.11 bits per heavy atom. The third-order valence-corrected chi connectivity index (χ3v) is 6.42. The van der Waals surface area contributed by atoms with Crippen LogP contribution in [0.4, 0.5) is 0 Å².